The summed E-state index contributed by atoms with van der Waals surface area (Å²) in [5, 5.41) is 17.9. The molecule has 1 aromatic carbocycles. The van der Waals surface area contributed by atoms with E-state index in [-0.39, 0.29) is 11.3 Å². The lowest BCUT2D eigenvalue weighted by Gasteiger charge is -2.05. The van der Waals surface area contributed by atoms with Crippen molar-refractivity contribution in [3.05, 3.63) is 29.8 Å². The van der Waals surface area contributed by atoms with E-state index in [9.17, 15) is 14.5 Å². The van der Waals surface area contributed by atoms with Crippen LogP contribution in [0.25, 0.3) is 0 Å². The standard InChI is InChI=1S/C8H7O4P/c9-6-4-2-1-3-5(6)7(13-12)8(10)11/h1-4,7,9H,(H,10,11). The number of hydrogen-bond donors (Lipinski definition) is 2. The SMILES string of the molecule is O=PC(C(=O)O)c1ccccc1O. The second-order valence-electron chi connectivity index (χ2n) is 2.40. The molecule has 0 radical (unpaired) electrons. The van der Waals surface area contributed by atoms with Crippen molar-refractivity contribution >= 4 is 14.4 Å². The highest BCUT2D eigenvalue weighted by Gasteiger charge is 2.22. The van der Waals surface area contributed by atoms with Gasteiger partial charge in [-0.3, -0.25) is 9.36 Å². The minimum atomic E-state index is -1.22. The number of benzene rings is 1. The van der Waals surface area contributed by atoms with E-state index in [1.807, 2.05) is 0 Å². The van der Waals surface area contributed by atoms with Gasteiger partial charge in [-0.25, -0.2) is 0 Å². The molecule has 0 fully saturated rings. The Morgan fingerprint density at radius 3 is 2.46 bits per heavy atom. The van der Waals surface area contributed by atoms with Crippen LogP contribution in [0.1, 0.15) is 11.2 Å². The van der Waals surface area contributed by atoms with Crippen molar-refractivity contribution in [1.29, 1.82) is 0 Å². The molecular formula is C8H7O4P. The predicted octanol–water partition coefficient (Wildman–Crippen LogP) is 1.81. The maximum atomic E-state index is 10.6. The highest BCUT2D eigenvalue weighted by molar-refractivity contribution is 7.25. The molecule has 1 unspecified atom stereocenters. The minimum Gasteiger partial charge on any atom is -0.508 e. The molecule has 4 nitrogen and oxygen atoms in total. The molecule has 0 spiro atoms. The number of hydrogen-bond acceptors (Lipinski definition) is 3. The summed E-state index contributed by atoms with van der Waals surface area (Å²) < 4.78 is 10.5. The third kappa shape index (κ3) is 2.04. The molecule has 0 aliphatic rings. The van der Waals surface area contributed by atoms with Gasteiger partial charge in [-0.05, 0) is 6.07 Å². The molecule has 1 atom stereocenters. The smallest absolute Gasteiger partial charge is 0.322 e. The third-order valence-electron chi connectivity index (χ3n) is 1.57. The Morgan fingerprint density at radius 2 is 2.00 bits per heavy atom. The van der Waals surface area contributed by atoms with Gasteiger partial charge in [-0.15, -0.1) is 0 Å². The van der Waals surface area contributed by atoms with Gasteiger partial charge >= 0.3 is 5.97 Å². The van der Waals surface area contributed by atoms with E-state index in [0.717, 1.165) is 0 Å². The van der Waals surface area contributed by atoms with E-state index < -0.39 is 20.1 Å². The van der Waals surface area contributed by atoms with E-state index in [4.69, 9.17) is 5.11 Å². The molecule has 1 rings (SSSR count). The fraction of sp³-hybridized carbons (Fsp3) is 0.125. The number of phenols is 1. The second kappa shape index (κ2) is 4.01. The summed E-state index contributed by atoms with van der Waals surface area (Å²) in [6.45, 7) is 0. The van der Waals surface area contributed by atoms with Crippen LogP contribution in [0.15, 0.2) is 24.3 Å². The first-order valence-corrected chi connectivity index (χ1v) is 4.38. The van der Waals surface area contributed by atoms with Crippen LogP contribution in [0, 0.1) is 0 Å². The Bertz CT molecular complexity index is 337. The Kier molecular flexibility index (Phi) is 2.98. The molecule has 0 aliphatic heterocycles. The van der Waals surface area contributed by atoms with Crippen LogP contribution >= 0.6 is 8.46 Å². The quantitative estimate of drug-likeness (QED) is 0.726. The molecule has 0 amide bonds. The van der Waals surface area contributed by atoms with Crippen molar-refractivity contribution in [2.45, 2.75) is 5.66 Å². The van der Waals surface area contributed by atoms with Gasteiger partial charge in [0.25, 0.3) is 0 Å². The second-order valence-corrected chi connectivity index (χ2v) is 3.13. The van der Waals surface area contributed by atoms with Gasteiger partial charge in [0.15, 0.2) is 14.1 Å². The van der Waals surface area contributed by atoms with Crippen LogP contribution in [0.4, 0.5) is 0 Å². The fourth-order valence-corrected chi connectivity index (χ4v) is 1.38. The molecule has 1 aromatic rings. The predicted molar refractivity (Wildman–Crippen MR) is 46.1 cm³/mol. The average molecular weight is 198 g/mol. The Balaban J connectivity index is 3.12. The topological polar surface area (TPSA) is 74.6 Å². The van der Waals surface area contributed by atoms with Gasteiger partial charge in [0.05, 0.1) is 0 Å². The molecule has 5 heteroatoms. The van der Waals surface area contributed by atoms with Crippen LogP contribution < -0.4 is 0 Å². The zero-order valence-corrected chi connectivity index (χ0v) is 7.44. The molecule has 13 heavy (non-hydrogen) atoms. The lowest BCUT2D eigenvalue weighted by molar-refractivity contribution is -0.136. The van der Waals surface area contributed by atoms with E-state index in [0.29, 0.717) is 0 Å². The van der Waals surface area contributed by atoms with Crippen molar-refractivity contribution in [2.75, 3.05) is 0 Å². The number of rotatable bonds is 3. The van der Waals surface area contributed by atoms with Crippen molar-refractivity contribution in [3.63, 3.8) is 0 Å². The third-order valence-corrected chi connectivity index (χ3v) is 2.28. The number of aliphatic carboxylic acids is 1. The van der Waals surface area contributed by atoms with E-state index >= 15 is 0 Å². The zero-order valence-electron chi connectivity index (χ0n) is 6.54. The van der Waals surface area contributed by atoms with Crippen LogP contribution in [-0.2, 0) is 9.36 Å². The maximum Gasteiger partial charge on any atom is 0.322 e. The summed E-state index contributed by atoms with van der Waals surface area (Å²) in [4.78, 5) is 10.6. The van der Waals surface area contributed by atoms with Crippen LogP contribution in [-0.4, -0.2) is 16.2 Å². The van der Waals surface area contributed by atoms with Crippen molar-refractivity contribution in [1.82, 2.24) is 0 Å². The monoisotopic (exact) mass is 198 g/mol. The number of para-hydroxylation sites is 1. The normalized spacial score (nSPS) is 12.6. The molecule has 0 saturated heterocycles. The van der Waals surface area contributed by atoms with Gasteiger partial charge < -0.3 is 10.2 Å². The Hall–Kier alpha value is -1.41. The first kappa shape index (κ1) is 9.68. The molecule has 0 aliphatic carbocycles. The average Bonchev–Trinajstić information content (AvgIpc) is 2.09. The number of carboxylic acid groups (broad SMARTS) is 1. The summed E-state index contributed by atoms with van der Waals surface area (Å²) in [7, 11) is -0.535. The molecule has 0 aromatic heterocycles. The molecular weight excluding hydrogens is 191 g/mol. The van der Waals surface area contributed by atoms with Gasteiger partial charge in [0.2, 0.25) is 0 Å². The van der Waals surface area contributed by atoms with Crippen LogP contribution in [0.5, 0.6) is 5.75 Å². The van der Waals surface area contributed by atoms with Crippen LogP contribution in [0.3, 0.4) is 0 Å². The summed E-state index contributed by atoms with van der Waals surface area (Å²) in [6.07, 6.45) is 0. The molecule has 2 N–H and O–H groups in total. The number of phenolic OH excluding ortho intramolecular Hbond substituents is 1. The fourth-order valence-electron chi connectivity index (χ4n) is 0.954. The van der Waals surface area contributed by atoms with Gasteiger partial charge in [0, 0.05) is 5.56 Å². The zero-order chi connectivity index (χ0) is 9.84. The van der Waals surface area contributed by atoms with Gasteiger partial charge in [-0.2, -0.15) is 0 Å². The largest absolute Gasteiger partial charge is 0.508 e. The first-order valence-electron chi connectivity index (χ1n) is 3.50. The van der Waals surface area contributed by atoms with Crippen molar-refractivity contribution < 1.29 is 19.6 Å². The van der Waals surface area contributed by atoms with E-state index in [1.54, 1.807) is 12.1 Å². The molecule has 0 bridgehead atoms. The lowest BCUT2D eigenvalue weighted by Crippen LogP contribution is -2.04. The maximum absolute atomic E-state index is 10.6. The summed E-state index contributed by atoms with van der Waals surface area (Å²) >= 11 is 0. The minimum absolute atomic E-state index is 0.154. The van der Waals surface area contributed by atoms with Crippen molar-refractivity contribution in [2.24, 2.45) is 0 Å². The van der Waals surface area contributed by atoms with E-state index in [1.165, 1.54) is 12.1 Å². The lowest BCUT2D eigenvalue weighted by atomic mass is 10.1. The van der Waals surface area contributed by atoms with Crippen LogP contribution in [0.2, 0.25) is 0 Å². The van der Waals surface area contributed by atoms with E-state index in [2.05, 4.69) is 0 Å². The number of carbonyl (C=O) groups is 1. The molecule has 0 heterocycles. The Morgan fingerprint density at radius 1 is 1.38 bits per heavy atom. The molecule has 68 valence electrons. The Labute approximate surface area is 76.0 Å². The van der Waals surface area contributed by atoms with Gasteiger partial charge in [0.1, 0.15) is 5.75 Å². The highest BCUT2D eigenvalue weighted by atomic mass is 31.1. The number of carboxylic acids is 1. The van der Waals surface area contributed by atoms with Crippen molar-refractivity contribution in [3.8, 4) is 5.75 Å². The number of aromatic hydroxyl groups is 1. The first-order chi connectivity index (χ1) is 6.16. The molecule has 0 saturated carbocycles. The summed E-state index contributed by atoms with van der Waals surface area (Å²) in [5.41, 5.74) is -1.03. The summed E-state index contributed by atoms with van der Waals surface area (Å²) in [6, 6.07) is 5.94. The highest BCUT2D eigenvalue weighted by Crippen LogP contribution is 2.32. The summed E-state index contributed by atoms with van der Waals surface area (Å²) in [5.74, 6) is -1.38. The van der Waals surface area contributed by atoms with Gasteiger partial charge in [-0.1, -0.05) is 18.2 Å².